The van der Waals surface area contributed by atoms with Crippen LogP contribution in [0, 0.1) is 5.41 Å². The lowest BCUT2D eigenvalue weighted by Gasteiger charge is -2.38. The first-order valence-corrected chi connectivity index (χ1v) is 7.98. The quantitative estimate of drug-likeness (QED) is 0.673. The van der Waals surface area contributed by atoms with Crippen molar-refractivity contribution < 1.29 is 14.7 Å². The molecule has 2 saturated heterocycles. The van der Waals surface area contributed by atoms with Crippen molar-refractivity contribution in [1.29, 1.82) is 0 Å². The fourth-order valence-electron chi connectivity index (χ4n) is 2.64. The summed E-state index contributed by atoms with van der Waals surface area (Å²) in [5.41, 5.74) is -0.0966. The van der Waals surface area contributed by atoms with Crippen LogP contribution in [0.4, 0.5) is 4.79 Å². The minimum Gasteiger partial charge on any atom is -0.391 e. The first kappa shape index (κ1) is 17.2. The molecule has 7 heteroatoms. The van der Waals surface area contributed by atoms with E-state index in [4.69, 9.17) is 0 Å². The summed E-state index contributed by atoms with van der Waals surface area (Å²) in [5.74, 6) is -0.142. The molecule has 0 aromatic carbocycles. The second-order valence-electron chi connectivity index (χ2n) is 7.23. The number of carbonyl (C=O) groups is 2. The van der Waals surface area contributed by atoms with E-state index in [2.05, 4.69) is 15.1 Å². The highest BCUT2D eigenvalue weighted by atomic mass is 16.3. The normalized spacial score (nSPS) is 23.0. The molecule has 0 saturated carbocycles. The molecule has 2 heterocycles. The standard InChI is InChI=1S/C15H28N4O3/c1-15(2,3)12(20)11-18-6-4-17(5-7-18)8-9-19-13(21)10-16-14(19)22/h12,20H,4-11H2,1-3H3,(H,16,22). The Morgan fingerprint density at radius 2 is 1.68 bits per heavy atom. The number of rotatable bonds is 5. The van der Waals surface area contributed by atoms with E-state index in [-0.39, 0.29) is 30.0 Å². The Kier molecular flexibility index (Phi) is 5.41. The Bertz CT molecular complexity index is 398. The molecule has 2 aliphatic rings. The molecule has 0 aromatic rings. The number of hydrogen-bond acceptors (Lipinski definition) is 5. The van der Waals surface area contributed by atoms with Crippen molar-refractivity contribution >= 4 is 11.9 Å². The van der Waals surface area contributed by atoms with Gasteiger partial charge in [0, 0.05) is 45.8 Å². The minimum absolute atomic E-state index is 0.0966. The Morgan fingerprint density at radius 1 is 1.09 bits per heavy atom. The number of piperazine rings is 1. The highest BCUT2D eigenvalue weighted by molar-refractivity contribution is 6.01. The number of nitrogens with one attached hydrogen (secondary N) is 1. The number of β-amino-alcohol motifs (C(OH)–C–C–N with tert-alkyl or cyclic N) is 1. The summed E-state index contributed by atoms with van der Waals surface area (Å²) in [7, 11) is 0. The van der Waals surface area contributed by atoms with Gasteiger partial charge in [-0.2, -0.15) is 0 Å². The lowest BCUT2D eigenvalue weighted by Crippen LogP contribution is -2.51. The van der Waals surface area contributed by atoms with Crippen molar-refractivity contribution in [2.24, 2.45) is 5.41 Å². The predicted octanol–water partition coefficient (Wildman–Crippen LogP) is -0.437. The van der Waals surface area contributed by atoms with Gasteiger partial charge in [-0.05, 0) is 5.41 Å². The molecule has 1 unspecified atom stereocenters. The van der Waals surface area contributed by atoms with Crippen LogP contribution in [-0.2, 0) is 4.79 Å². The summed E-state index contributed by atoms with van der Waals surface area (Å²) >= 11 is 0. The van der Waals surface area contributed by atoms with Gasteiger partial charge in [0.15, 0.2) is 0 Å². The molecule has 2 rings (SSSR count). The highest BCUT2D eigenvalue weighted by Crippen LogP contribution is 2.20. The minimum atomic E-state index is -0.329. The summed E-state index contributed by atoms with van der Waals surface area (Å²) in [5, 5.41) is 12.7. The number of nitrogens with zero attached hydrogens (tertiary/aromatic N) is 3. The third-order valence-corrected chi connectivity index (χ3v) is 4.47. The molecule has 0 spiro atoms. The van der Waals surface area contributed by atoms with Crippen LogP contribution in [0.5, 0.6) is 0 Å². The van der Waals surface area contributed by atoms with Crippen molar-refractivity contribution in [3.05, 3.63) is 0 Å². The molecule has 2 aliphatic heterocycles. The third kappa shape index (κ3) is 4.41. The van der Waals surface area contributed by atoms with Crippen molar-refractivity contribution in [3.8, 4) is 0 Å². The van der Waals surface area contributed by atoms with E-state index in [0.717, 1.165) is 32.7 Å². The van der Waals surface area contributed by atoms with E-state index in [1.807, 2.05) is 20.8 Å². The van der Waals surface area contributed by atoms with Crippen molar-refractivity contribution in [1.82, 2.24) is 20.0 Å². The molecule has 0 aliphatic carbocycles. The van der Waals surface area contributed by atoms with E-state index in [1.165, 1.54) is 4.90 Å². The lowest BCUT2D eigenvalue weighted by molar-refractivity contribution is -0.125. The van der Waals surface area contributed by atoms with Crippen molar-refractivity contribution in [3.63, 3.8) is 0 Å². The molecule has 0 aromatic heterocycles. The molecular weight excluding hydrogens is 284 g/mol. The largest absolute Gasteiger partial charge is 0.391 e. The number of aliphatic hydroxyl groups excluding tert-OH is 1. The molecule has 3 amide bonds. The van der Waals surface area contributed by atoms with Gasteiger partial charge < -0.3 is 10.4 Å². The summed E-state index contributed by atoms with van der Waals surface area (Å²) in [6.07, 6.45) is -0.329. The molecule has 2 N–H and O–H groups in total. The maximum absolute atomic E-state index is 11.5. The molecule has 1 atom stereocenters. The van der Waals surface area contributed by atoms with Crippen LogP contribution >= 0.6 is 0 Å². The first-order chi connectivity index (χ1) is 10.3. The number of hydrogen-bond donors (Lipinski definition) is 2. The number of imide groups is 1. The Morgan fingerprint density at radius 3 is 2.18 bits per heavy atom. The van der Waals surface area contributed by atoms with Gasteiger partial charge in [-0.3, -0.25) is 19.5 Å². The SMILES string of the molecule is CC(C)(C)C(O)CN1CCN(CCN2C(=O)CNC2=O)CC1. The average molecular weight is 312 g/mol. The van der Waals surface area contributed by atoms with E-state index in [1.54, 1.807) is 0 Å². The monoisotopic (exact) mass is 312 g/mol. The molecule has 0 bridgehead atoms. The fourth-order valence-corrected chi connectivity index (χ4v) is 2.64. The zero-order valence-corrected chi connectivity index (χ0v) is 13.8. The van der Waals surface area contributed by atoms with Gasteiger partial charge in [-0.1, -0.05) is 20.8 Å². The van der Waals surface area contributed by atoms with Crippen LogP contribution in [0.2, 0.25) is 0 Å². The van der Waals surface area contributed by atoms with E-state index < -0.39 is 0 Å². The predicted molar refractivity (Wildman–Crippen MR) is 83.5 cm³/mol. The van der Waals surface area contributed by atoms with Gasteiger partial charge >= 0.3 is 6.03 Å². The zero-order valence-electron chi connectivity index (χ0n) is 13.8. The Hall–Kier alpha value is -1.18. The summed E-state index contributed by atoms with van der Waals surface area (Å²) in [6.45, 7) is 11.8. The van der Waals surface area contributed by atoms with Crippen LogP contribution in [0.15, 0.2) is 0 Å². The van der Waals surface area contributed by atoms with Gasteiger partial charge in [0.1, 0.15) is 0 Å². The van der Waals surface area contributed by atoms with Crippen molar-refractivity contribution in [2.75, 3.05) is 52.4 Å². The molecule has 126 valence electrons. The lowest BCUT2D eigenvalue weighted by atomic mass is 9.89. The maximum Gasteiger partial charge on any atom is 0.324 e. The number of carbonyl (C=O) groups excluding carboxylic acids is 2. The van der Waals surface area contributed by atoms with Gasteiger partial charge in [-0.15, -0.1) is 0 Å². The number of urea groups is 1. The van der Waals surface area contributed by atoms with Crippen LogP contribution in [0.3, 0.4) is 0 Å². The second-order valence-corrected chi connectivity index (χ2v) is 7.23. The topological polar surface area (TPSA) is 76.1 Å². The fraction of sp³-hybridized carbons (Fsp3) is 0.867. The molecule has 22 heavy (non-hydrogen) atoms. The molecule has 7 nitrogen and oxygen atoms in total. The smallest absolute Gasteiger partial charge is 0.324 e. The van der Waals surface area contributed by atoms with E-state index in [0.29, 0.717) is 13.1 Å². The summed E-state index contributed by atoms with van der Waals surface area (Å²) in [6, 6.07) is -0.281. The Labute approximate surface area is 132 Å². The number of aliphatic hydroxyl groups is 1. The van der Waals surface area contributed by atoms with E-state index >= 15 is 0 Å². The molecular formula is C15H28N4O3. The second kappa shape index (κ2) is 6.93. The molecule has 2 fully saturated rings. The van der Waals surface area contributed by atoms with Gasteiger partial charge in [0.05, 0.1) is 12.6 Å². The average Bonchev–Trinajstić information content (AvgIpc) is 2.76. The first-order valence-electron chi connectivity index (χ1n) is 7.98. The zero-order chi connectivity index (χ0) is 16.3. The highest BCUT2D eigenvalue weighted by Gasteiger charge is 2.29. The van der Waals surface area contributed by atoms with Crippen LogP contribution < -0.4 is 5.32 Å². The van der Waals surface area contributed by atoms with Crippen molar-refractivity contribution in [2.45, 2.75) is 26.9 Å². The molecule has 0 radical (unpaired) electrons. The maximum atomic E-state index is 11.5. The number of amides is 3. The van der Waals surface area contributed by atoms with Gasteiger partial charge in [0.25, 0.3) is 0 Å². The van der Waals surface area contributed by atoms with Gasteiger partial charge in [-0.25, -0.2) is 4.79 Å². The van der Waals surface area contributed by atoms with E-state index in [9.17, 15) is 14.7 Å². The summed E-state index contributed by atoms with van der Waals surface area (Å²) in [4.78, 5) is 28.8. The van der Waals surface area contributed by atoms with Crippen LogP contribution in [0.1, 0.15) is 20.8 Å². The Balaban J connectivity index is 1.69. The third-order valence-electron chi connectivity index (χ3n) is 4.47. The van der Waals surface area contributed by atoms with Gasteiger partial charge in [0.2, 0.25) is 5.91 Å². The van der Waals surface area contributed by atoms with Crippen LogP contribution in [0.25, 0.3) is 0 Å². The van der Waals surface area contributed by atoms with Crippen LogP contribution in [-0.4, -0.2) is 90.2 Å². The summed E-state index contributed by atoms with van der Waals surface area (Å²) < 4.78 is 0.